The van der Waals surface area contributed by atoms with Gasteiger partial charge in [-0.1, -0.05) is 0 Å². The topological polar surface area (TPSA) is 68.8 Å². The van der Waals surface area contributed by atoms with E-state index in [1.807, 2.05) is 0 Å². The minimum atomic E-state index is -0.833. The summed E-state index contributed by atoms with van der Waals surface area (Å²) >= 11 is 0. The van der Waals surface area contributed by atoms with E-state index >= 15 is 0 Å². The Kier molecular flexibility index (Phi) is 24.4. The van der Waals surface area contributed by atoms with Crippen LogP contribution in [0.15, 0.2) is 0 Å². The molecule has 34 valence electrons. The molecule has 0 bridgehead atoms. The van der Waals surface area contributed by atoms with Crippen LogP contribution in [0, 0.1) is 0 Å². The van der Waals surface area contributed by atoms with Crippen molar-refractivity contribution in [3.8, 4) is 0 Å². The Balaban J connectivity index is -0.0000000450. The second-order valence-electron chi connectivity index (χ2n) is 0.519. The average Bonchev–Trinajstić information content (AvgIpc) is 0.811. The largest absolute Gasteiger partial charge is 0.481 e. The molecular formula is C2H6MgO3. The Labute approximate surface area is 51.8 Å². The fraction of sp³-hybridized carbons (Fsp3) is 0.500. The van der Waals surface area contributed by atoms with Gasteiger partial charge in [0, 0.05) is 30.0 Å². The van der Waals surface area contributed by atoms with Crippen molar-refractivity contribution in [3.63, 3.8) is 0 Å². The molecule has 3 nitrogen and oxygen atoms in total. The molecular weight excluding hydrogens is 96.3 g/mol. The number of aliphatic carboxylic acids is 1. The molecule has 0 unspecified atom stereocenters. The number of carboxylic acid groups (broad SMARTS) is 1. The lowest BCUT2D eigenvalue weighted by atomic mass is 10.9. The second kappa shape index (κ2) is 8.96. The van der Waals surface area contributed by atoms with E-state index in [4.69, 9.17) is 9.90 Å². The number of carboxylic acids is 1. The molecule has 0 spiro atoms. The first kappa shape index (κ1) is 16.4. The van der Waals surface area contributed by atoms with E-state index in [0.29, 0.717) is 0 Å². The van der Waals surface area contributed by atoms with Crippen LogP contribution < -0.4 is 0 Å². The first-order chi connectivity index (χ1) is 1.73. The van der Waals surface area contributed by atoms with Crippen LogP contribution in [0.2, 0.25) is 0 Å². The molecule has 0 aliphatic heterocycles. The minimum absolute atomic E-state index is 0. The molecule has 0 aromatic carbocycles. The maximum atomic E-state index is 9.00. The predicted octanol–water partition coefficient (Wildman–Crippen LogP) is -1.11. The Morgan fingerprint density at radius 3 is 1.67 bits per heavy atom. The van der Waals surface area contributed by atoms with Gasteiger partial charge in [-0.15, -0.1) is 0 Å². The van der Waals surface area contributed by atoms with Gasteiger partial charge >= 0.3 is 0 Å². The summed E-state index contributed by atoms with van der Waals surface area (Å²) in [7, 11) is 0. The van der Waals surface area contributed by atoms with Gasteiger partial charge in [0.25, 0.3) is 5.97 Å². The zero-order valence-corrected chi connectivity index (χ0v) is 4.98. The van der Waals surface area contributed by atoms with Crippen LogP contribution in [0.5, 0.6) is 0 Å². The number of hydrogen-bond donors (Lipinski definition) is 1. The lowest BCUT2D eigenvalue weighted by Gasteiger charge is -1.59. The highest BCUT2D eigenvalue weighted by Gasteiger charge is 1.65. The quantitative estimate of drug-likeness (QED) is 0.394. The first-order valence-corrected chi connectivity index (χ1v) is 0.928. The van der Waals surface area contributed by atoms with Gasteiger partial charge in [0.15, 0.2) is 0 Å². The fourth-order valence-corrected chi connectivity index (χ4v) is 0. The van der Waals surface area contributed by atoms with Gasteiger partial charge in [-0.2, -0.15) is 0 Å². The van der Waals surface area contributed by atoms with Crippen LogP contribution in [0.1, 0.15) is 6.92 Å². The third kappa shape index (κ3) is 1110. The first-order valence-electron chi connectivity index (χ1n) is 0.928. The summed E-state index contributed by atoms with van der Waals surface area (Å²) in [5.41, 5.74) is 0. The Morgan fingerprint density at radius 2 is 1.67 bits per heavy atom. The van der Waals surface area contributed by atoms with Crippen molar-refractivity contribution in [2.75, 3.05) is 0 Å². The Bertz CT molecular complexity index is 31.8. The highest BCUT2D eigenvalue weighted by atomic mass is 24.3. The molecule has 0 atom stereocenters. The third-order valence-corrected chi connectivity index (χ3v) is 0. The van der Waals surface area contributed by atoms with Crippen LogP contribution in [0.4, 0.5) is 0 Å². The second-order valence-corrected chi connectivity index (χ2v) is 0.519. The van der Waals surface area contributed by atoms with Crippen molar-refractivity contribution >= 4 is 29.0 Å². The molecule has 3 N–H and O–H groups in total. The molecule has 2 radical (unpaired) electrons. The number of hydrogen-bond acceptors (Lipinski definition) is 1. The highest BCUT2D eigenvalue weighted by Crippen LogP contribution is 1.42. The van der Waals surface area contributed by atoms with Gasteiger partial charge in [-0.3, -0.25) is 4.79 Å². The molecule has 0 heterocycles. The van der Waals surface area contributed by atoms with Crippen molar-refractivity contribution in [2.45, 2.75) is 6.92 Å². The van der Waals surface area contributed by atoms with Gasteiger partial charge in [-0.25, -0.2) is 0 Å². The molecule has 0 aromatic rings. The zero-order valence-electron chi connectivity index (χ0n) is 3.56. The molecule has 0 saturated carbocycles. The summed E-state index contributed by atoms with van der Waals surface area (Å²) in [6.07, 6.45) is 0. The van der Waals surface area contributed by atoms with E-state index in [1.54, 1.807) is 0 Å². The summed E-state index contributed by atoms with van der Waals surface area (Å²) in [4.78, 5) is 9.00. The molecule has 0 amide bonds. The van der Waals surface area contributed by atoms with E-state index in [-0.39, 0.29) is 28.5 Å². The summed E-state index contributed by atoms with van der Waals surface area (Å²) < 4.78 is 0. The van der Waals surface area contributed by atoms with E-state index in [9.17, 15) is 0 Å². The zero-order chi connectivity index (χ0) is 3.58. The molecule has 0 aliphatic rings. The Hall–Kier alpha value is 0.196. The standard InChI is InChI=1S/C2H4O2.Mg.H2O/c1-2(3)4;;/h1H3,(H,3,4);;1H2. The normalized spacial score (nSPS) is 4.17. The SMILES string of the molecule is CC(=O)O.O.[Mg]. The average molecular weight is 102 g/mol. The maximum Gasteiger partial charge on any atom is 0.300 e. The van der Waals surface area contributed by atoms with Crippen molar-refractivity contribution in [3.05, 3.63) is 0 Å². The smallest absolute Gasteiger partial charge is 0.300 e. The van der Waals surface area contributed by atoms with E-state index < -0.39 is 5.97 Å². The minimum Gasteiger partial charge on any atom is -0.481 e. The summed E-state index contributed by atoms with van der Waals surface area (Å²) in [6, 6.07) is 0. The molecule has 0 aromatic heterocycles. The number of carbonyl (C=O) groups is 1. The highest BCUT2D eigenvalue weighted by molar-refractivity contribution is 5.75. The molecule has 0 aliphatic carbocycles. The van der Waals surface area contributed by atoms with Crippen molar-refractivity contribution < 1.29 is 15.4 Å². The summed E-state index contributed by atoms with van der Waals surface area (Å²) in [5.74, 6) is -0.833. The number of rotatable bonds is 0. The summed E-state index contributed by atoms with van der Waals surface area (Å²) in [6.45, 7) is 1.08. The van der Waals surface area contributed by atoms with Crippen LogP contribution in [0.3, 0.4) is 0 Å². The monoisotopic (exact) mass is 102 g/mol. The fourth-order valence-electron chi connectivity index (χ4n) is 0. The van der Waals surface area contributed by atoms with E-state index in [1.165, 1.54) is 0 Å². The summed E-state index contributed by atoms with van der Waals surface area (Å²) in [5, 5.41) is 7.42. The van der Waals surface area contributed by atoms with Crippen LogP contribution in [-0.4, -0.2) is 39.6 Å². The molecule has 0 fully saturated rings. The third-order valence-electron chi connectivity index (χ3n) is 0. The lowest BCUT2D eigenvalue weighted by molar-refractivity contribution is -0.134. The van der Waals surface area contributed by atoms with Crippen LogP contribution in [-0.2, 0) is 4.79 Å². The van der Waals surface area contributed by atoms with E-state index in [0.717, 1.165) is 6.92 Å². The predicted molar refractivity (Wildman–Crippen MR) is 22.7 cm³/mol. The lowest BCUT2D eigenvalue weighted by Crippen LogP contribution is -1.78. The van der Waals surface area contributed by atoms with Crippen LogP contribution in [0.25, 0.3) is 0 Å². The molecule has 0 saturated heterocycles. The molecule has 6 heavy (non-hydrogen) atoms. The molecule has 0 rings (SSSR count). The van der Waals surface area contributed by atoms with Gasteiger partial charge in [0.2, 0.25) is 0 Å². The van der Waals surface area contributed by atoms with Crippen molar-refractivity contribution in [1.82, 2.24) is 0 Å². The van der Waals surface area contributed by atoms with Gasteiger partial charge in [0.05, 0.1) is 0 Å². The van der Waals surface area contributed by atoms with Crippen LogP contribution >= 0.6 is 0 Å². The van der Waals surface area contributed by atoms with E-state index in [2.05, 4.69) is 0 Å². The van der Waals surface area contributed by atoms with Crippen molar-refractivity contribution in [2.24, 2.45) is 0 Å². The van der Waals surface area contributed by atoms with Gasteiger partial charge < -0.3 is 10.6 Å². The maximum absolute atomic E-state index is 9.00. The van der Waals surface area contributed by atoms with Gasteiger partial charge in [-0.05, 0) is 0 Å². The van der Waals surface area contributed by atoms with Crippen molar-refractivity contribution in [1.29, 1.82) is 0 Å². The Morgan fingerprint density at radius 1 is 1.67 bits per heavy atom. The van der Waals surface area contributed by atoms with Gasteiger partial charge in [0.1, 0.15) is 0 Å². The molecule has 4 heteroatoms.